The van der Waals surface area contributed by atoms with Crippen LogP contribution in [-0.4, -0.2) is 59.6 Å². The van der Waals surface area contributed by atoms with Gasteiger partial charge in [-0.25, -0.2) is 0 Å². The van der Waals surface area contributed by atoms with Crippen molar-refractivity contribution in [1.82, 2.24) is 10.2 Å². The van der Waals surface area contributed by atoms with E-state index in [1.807, 2.05) is 32.0 Å². The number of carbonyl (C=O) groups is 3. The Kier molecular flexibility index (Phi) is 6.03. The van der Waals surface area contributed by atoms with E-state index in [4.69, 9.17) is 4.74 Å². The summed E-state index contributed by atoms with van der Waals surface area (Å²) in [4.78, 5) is 38.7. The van der Waals surface area contributed by atoms with E-state index in [9.17, 15) is 19.5 Å². The number of hydrogen-bond acceptors (Lipinski definition) is 4. The molecule has 7 nitrogen and oxygen atoms in total. The largest absolute Gasteiger partial charge is 0.481 e. The zero-order valence-electron chi connectivity index (χ0n) is 16.5. The topological polar surface area (TPSA) is 95.9 Å². The lowest BCUT2D eigenvalue weighted by molar-refractivity contribution is -0.139. The molecule has 2 aliphatic heterocycles. The Morgan fingerprint density at radius 3 is 2.57 bits per heavy atom. The molecule has 2 amide bonds. The Labute approximate surface area is 165 Å². The molecule has 0 bridgehead atoms. The summed E-state index contributed by atoms with van der Waals surface area (Å²) in [6, 6.07) is 5.77. The maximum absolute atomic E-state index is 12.9. The Morgan fingerprint density at radius 1 is 1.25 bits per heavy atom. The standard InChI is InChI=1S/C21H28N2O5/c1-14-8-15(2)10-17(9-14)20(27)23-6-3-4-16(12-23)19(26)22-21(11-18(24)25)5-7-28-13-21/h8-10,16H,3-7,11-13H2,1-2H3,(H,22,26)(H,24,25). The van der Waals surface area contributed by atoms with Crippen LogP contribution < -0.4 is 5.32 Å². The minimum absolute atomic E-state index is 0.0613. The second-order valence-electron chi connectivity index (χ2n) is 8.11. The maximum atomic E-state index is 12.9. The van der Waals surface area contributed by atoms with Crippen LogP contribution in [0.3, 0.4) is 0 Å². The summed E-state index contributed by atoms with van der Waals surface area (Å²) in [5.41, 5.74) is 1.87. The number of nitrogens with one attached hydrogen (secondary N) is 1. The van der Waals surface area contributed by atoms with Crippen LogP contribution in [0.5, 0.6) is 0 Å². The first-order valence-electron chi connectivity index (χ1n) is 9.77. The van der Waals surface area contributed by atoms with Crippen LogP contribution in [0.15, 0.2) is 18.2 Å². The van der Waals surface area contributed by atoms with E-state index >= 15 is 0 Å². The van der Waals surface area contributed by atoms with Gasteiger partial charge >= 0.3 is 5.97 Å². The van der Waals surface area contributed by atoms with Gasteiger partial charge < -0.3 is 20.1 Å². The van der Waals surface area contributed by atoms with Crippen molar-refractivity contribution in [3.05, 3.63) is 34.9 Å². The average Bonchev–Trinajstić information content (AvgIpc) is 3.07. The van der Waals surface area contributed by atoms with E-state index in [2.05, 4.69) is 5.32 Å². The third-order valence-corrected chi connectivity index (χ3v) is 5.53. The molecule has 0 aliphatic carbocycles. The first-order valence-corrected chi connectivity index (χ1v) is 9.77. The van der Waals surface area contributed by atoms with Crippen molar-refractivity contribution < 1.29 is 24.2 Å². The minimum Gasteiger partial charge on any atom is -0.481 e. The molecule has 2 heterocycles. The van der Waals surface area contributed by atoms with Crippen molar-refractivity contribution in [1.29, 1.82) is 0 Å². The van der Waals surface area contributed by atoms with Crippen molar-refractivity contribution in [3.8, 4) is 0 Å². The van der Waals surface area contributed by atoms with Crippen molar-refractivity contribution in [3.63, 3.8) is 0 Å². The van der Waals surface area contributed by atoms with Crippen LogP contribution in [0.25, 0.3) is 0 Å². The Morgan fingerprint density at radius 2 is 1.96 bits per heavy atom. The predicted molar refractivity (Wildman–Crippen MR) is 103 cm³/mol. The first kappa shape index (κ1) is 20.3. The van der Waals surface area contributed by atoms with Gasteiger partial charge in [0.1, 0.15) is 0 Å². The number of aryl methyl sites for hydroxylation is 2. The molecule has 2 N–H and O–H groups in total. The Bertz CT molecular complexity index is 750. The first-order chi connectivity index (χ1) is 13.3. The number of rotatable bonds is 5. The molecule has 0 saturated carbocycles. The van der Waals surface area contributed by atoms with E-state index in [-0.39, 0.29) is 30.8 Å². The molecule has 0 spiro atoms. The number of nitrogens with zero attached hydrogens (tertiary/aromatic N) is 1. The van der Waals surface area contributed by atoms with Crippen LogP contribution >= 0.6 is 0 Å². The molecule has 0 aromatic heterocycles. The number of benzene rings is 1. The number of amides is 2. The molecule has 1 aromatic rings. The third-order valence-electron chi connectivity index (χ3n) is 5.53. The van der Waals surface area contributed by atoms with Crippen molar-refractivity contribution in [2.75, 3.05) is 26.3 Å². The number of ether oxygens (including phenoxy) is 1. The van der Waals surface area contributed by atoms with Crippen molar-refractivity contribution >= 4 is 17.8 Å². The van der Waals surface area contributed by atoms with Crippen LogP contribution in [0, 0.1) is 19.8 Å². The van der Waals surface area contributed by atoms with Crippen LogP contribution in [-0.2, 0) is 14.3 Å². The fraction of sp³-hybridized carbons (Fsp3) is 0.571. The van der Waals surface area contributed by atoms with Gasteiger partial charge in [-0.05, 0) is 45.2 Å². The summed E-state index contributed by atoms with van der Waals surface area (Å²) >= 11 is 0. The Hall–Kier alpha value is -2.41. The fourth-order valence-electron chi connectivity index (χ4n) is 4.20. The van der Waals surface area contributed by atoms with Gasteiger partial charge in [0, 0.05) is 25.3 Å². The van der Waals surface area contributed by atoms with E-state index in [0.29, 0.717) is 38.1 Å². The zero-order chi connectivity index (χ0) is 20.3. The number of piperidine rings is 1. The second-order valence-corrected chi connectivity index (χ2v) is 8.11. The molecular weight excluding hydrogens is 360 g/mol. The van der Waals surface area contributed by atoms with Crippen LogP contribution in [0.4, 0.5) is 0 Å². The minimum atomic E-state index is -0.957. The Balaban J connectivity index is 1.67. The van der Waals surface area contributed by atoms with E-state index < -0.39 is 11.5 Å². The van der Waals surface area contributed by atoms with E-state index in [0.717, 1.165) is 17.5 Å². The molecule has 3 rings (SSSR count). The molecule has 0 radical (unpaired) electrons. The van der Waals surface area contributed by atoms with E-state index in [1.54, 1.807) is 4.90 Å². The lowest BCUT2D eigenvalue weighted by Crippen LogP contribution is -2.54. The van der Waals surface area contributed by atoms with Crippen LogP contribution in [0.2, 0.25) is 0 Å². The van der Waals surface area contributed by atoms with Gasteiger partial charge in [0.25, 0.3) is 5.91 Å². The summed E-state index contributed by atoms with van der Waals surface area (Å²) in [6.45, 7) is 5.54. The summed E-state index contributed by atoms with van der Waals surface area (Å²) < 4.78 is 5.35. The quantitative estimate of drug-likeness (QED) is 0.803. The maximum Gasteiger partial charge on any atom is 0.305 e. The van der Waals surface area contributed by atoms with Gasteiger partial charge in [-0.2, -0.15) is 0 Å². The monoisotopic (exact) mass is 388 g/mol. The fourth-order valence-corrected chi connectivity index (χ4v) is 4.20. The van der Waals surface area contributed by atoms with E-state index in [1.165, 1.54) is 0 Å². The number of carbonyl (C=O) groups excluding carboxylic acids is 2. The highest BCUT2D eigenvalue weighted by Gasteiger charge is 2.40. The highest BCUT2D eigenvalue weighted by Crippen LogP contribution is 2.26. The molecule has 2 unspecified atom stereocenters. The number of carboxylic acids is 1. The van der Waals surface area contributed by atoms with Gasteiger partial charge in [-0.1, -0.05) is 17.2 Å². The summed E-state index contributed by atoms with van der Waals surface area (Å²) in [5, 5.41) is 12.1. The zero-order valence-corrected chi connectivity index (χ0v) is 16.5. The molecule has 2 fully saturated rings. The number of hydrogen-bond donors (Lipinski definition) is 2. The molecular formula is C21H28N2O5. The van der Waals surface area contributed by atoms with Gasteiger partial charge in [0.05, 0.1) is 24.5 Å². The highest BCUT2D eigenvalue weighted by molar-refractivity contribution is 5.95. The molecule has 1 aromatic carbocycles. The molecule has 2 aliphatic rings. The molecule has 152 valence electrons. The van der Waals surface area contributed by atoms with Crippen molar-refractivity contribution in [2.24, 2.45) is 5.92 Å². The average molecular weight is 388 g/mol. The number of aliphatic carboxylic acids is 1. The van der Waals surface area contributed by atoms with Gasteiger partial charge in [0.15, 0.2) is 0 Å². The lowest BCUT2D eigenvalue weighted by Gasteiger charge is -2.35. The molecule has 2 atom stereocenters. The molecule has 7 heteroatoms. The molecule has 28 heavy (non-hydrogen) atoms. The van der Waals surface area contributed by atoms with Crippen molar-refractivity contribution in [2.45, 2.75) is 45.1 Å². The van der Waals surface area contributed by atoms with Crippen LogP contribution in [0.1, 0.15) is 47.2 Å². The smallest absolute Gasteiger partial charge is 0.305 e. The predicted octanol–water partition coefficient (Wildman–Crippen LogP) is 1.91. The van der Waals surface area contributed by atoms with Gasteiger partial charge in [-0.15, -0.1) is 0 Å². The lowest BCUT2D eigenvalue weighted by atomic mass is 9.91. The third kappa shape index (κ3) is 4.70. The molecule has 2 saturated heterocycles. The SMILES string of the molecule is Cc1cc(C)cc(C(=O)N2CCCC(C(=O)NC3(CC(=O)O)CCOC3)C2)c1. The number of carboxylic acid groups (broad SMARTS) is 1. The summed E-state index contributed by atoms with van der Waals surface area (Å²) in [7, 11) is 0. The number of likely N-dealkylation sites (tertiary alicyclic amines) is 1. The summed E-state index contributed by atoms with van der Waals surface area (Å²) in [5.74, 6) is -1.55. The van der Waals surface area contributed by atoms with Gasteiger partial charge in [-0.3, -0.25) is 14.4 Å². The highest BCUT2D eigenvalue weighted by atomic mass is 16.5. The van der Waals surface area contributed by atoms with Gasteiger partial charge in [0.2, 0.25) is 5.91 Å². The summed E-state index contributed by atoms with van der Waals surface area (Å²) in [6.07, 6.45) is 1.77. The second kappa shape index (κ2) is 8.31. The normalized spacial score (nSPS) is 24.8.